The van der Waals surface area contributed by atoms with E-state index >= 15 is 0 Å². The van der Waals surface area contributed by atoms with Gasteiger partial charge in [-0.25, -0.2) is 4.57 Å². The Morgan fingerprint density at radius 1 is 0.604 bits per heavy atom. The van der Waals surface area contributed by atoms with E-state index < -0.39 is 26.5 Å². The Kier molecular flexibility index (Phi) is 37.7. The number of carbonyl (C=O) groups excluding carboxylic acids is 2. The van der Waals surface area contributed by atoms with Crippen LogP contribution in [0.2, 0.25) is 0 Å². The van der Waals surface area contributed by atoms with Crippen molar-refractivity contribution in [3.8, 4) is 0 Å². The molecular weight excluding hydrogens is 689 g/mol. The Labute approximate surface area is 323 Å². The highest BCUT2D eigenvalue weighted by atomic mass is 31.2. The molecule has 0 aromatic heterocycles. The van der Waals surface area contributed by atoms with Gasteiger partial charge in [0.1, 0.15) is 12.7 Å². The van der Waals surface area contributed by atoms with Crippen LogP contribution in [-0.2, 0) is 27.9 Å². The second-order valence-electron chi connectivity index (χ2n) is 13.6. The number of esters is 1. The molecule has 3 N–H and O–H groups in total. The number of phosphoric ester groups is 1. The van der Waals surface area contributed by atoms with Gasteiger partial charge >= 0.3 is 13.8 Å². The smallest absolute Gasteiger partial charge is 0.463 e. The summed E-state index contributed by atoms with van der Waals surface area (Å²) in [6.45, 7) is 3.37. The molecule has 0 saturated heterocycles. The maximum atomic E-state index is 12.1. The number of amides is 1. The lowest BCUT2D eigenvalue weighted by Gasteiger charge is -2.15. The first-order valence-electron chi connectivity index (χ1n) is 20.8. The molecule has 0 radical (unpaired) electrons. The lowest BCUT2D eigenvalue weighted by Crippen LogP contribution is -2.27. The van der Waals surface area contributed by atoms with Crippen molar-refractivity contribution in [1.82, 2.24) is 5.32 Å². The van der Waals surface area contributed by atoms with Crippen molar-refractivity contribution in [3.63, 3.8) is 0 Å². The van der Waals surface area contributed by atoms with Gasteiger partial charge in [-0.3, -0.25) is 18.6 Å². The first kappa shape index (κ1) is 50.7. The van der Waals surface area contributed by atoms with Crippen LogP contribution in [0.15, 0.2) is 60.8 Å². The van der Waals surface area contributed by atoms with Crippen molar-refractivity contribution in [2.24, 2.45) is 0 Å². The third kappa shape index (κ3) is 40.7. The summed E-state index contributed by atoms with van der Waals surface area (Å²) in [6.07, 6.45) is 45.8. The molecule has 0 aromatic carbocycles. The number of aliphatic hydroxyl groups excluding tert-OH is 1. The Morgan fingerprint density at radius 2 is 1.08 bits per heavy atom. The number of phosphoric acid groups is 1. The number of ether oxygens (including phenoxy) is 1. The second kappa shape index (κ2) is 39.4. The van der Waals surface area contributed by atoms with Crippen molar-refractivity contribution in [1.29, 1.82) is 0 Å². The van der Waals surface area contributed by atoms with Crippen molar-refractivity contribution in [2.75, 3.05) is 26.4 Å². The second-order valence-corrected chi connectivity index (χ2v) is 15.0. The standard InChI is InChI=1S/C43H76NO8P/c1-3-5-7-9-11-13-15-17-19-20-22-23-25-27-29-31-33-35-42(46)44-37-38-51-53(48,49)52-40-41(45)39-50-43(47)36-34-32-30-28-26-24-21-18-16-14-12-10-8-6-4-2/h6,8,12,14,17-19,21,26,28,41,45H,3-5,7,9-11,13,15-16,20,22-25,27,29-40H2,1-2H3,(H,44,46)(H,48,49)/b8-6-,14-12-,19-17-,21-18-,28-26-. The van der Waals surface area contributed by atoms with E-state index in [1.54, 1.807) is 0 Å². The van der Waals surface area contributed by atoms with Crippen LogP contribution in [0.3, 0.4) is 0 Å². The van der Waals surface area contributed by atoms with Gasteiger partial charge in [0.15, 0.2) is 0 Å². The van der Waals surface area contributed by atoms with E-state index in [1.807, 2.05) is 0 Å². The third-order valence-corrected chi connectivity index (χ3v) is 9.42. The molecule has 0 heterocycles. The minimum Gasteiger partial charge on any atom is -0.463 e. The normalized spacial score (nSPS) is 14.0. The van der Waals surface area contributed by atoms with Gasteiger partial charge < -0.3 is 20.1 Å². The maximum Gasteiger partial charge on any atom is 0.472 e. The third-order valence-electron chi connectivity index (χ3n) is 8.43. The first-order chi connectivity index (χ1) is 25.8. The van der Waals surface area contributed by atoms with E-state index in [1.165, 1.54) is 77.0 Å². The average Bonchev–Trinajstić information content (AvgIpc) is 3.14. The monoisotopic (exact) mass is 766 g/mol. The van der Waals surface area contributed by atoms with Crippen LogP contribution in [0.25, 0.3) is 0 Å². The minimum absolute atomic E-state index is 0.0720. The number of nitrogens with one attached hydrogen (secondary N) is 1. The fourth-order valence-corrected chi connectivity index (χ4v) is 6.06. The lowest BCUT2D eigenvalue weighted by atomic mass is 10.1. The van der Waals surface area contributed by atoms with Gasteiger partial charge in [0.25, 0.3) is 0 Å². The molecule has 0 aromatic rings. The molecule has 0 aliphatic rings. The molecule has 0 spiro atoms. The molecule has 306 valence electrons. The highest BCUT2D eigenvalue weighted by molar-refractivity contribution is 7.47. The Hall–Kier alpha value is -2.29. The van der Waals surface area contributed by atoms with Gasteiger partial charge in [-0.15, -0.1) is 0 Å². The summed E-state index contributed by atoms with van der Waals surface area (Å²) in [6, 6.07) is 0. The predicted octanol–water partition coefficient (Wildman–Crippen LogP) is 11.3. The predicted molar refractivity (Wildman–Crippen MR) is 220 cm³/mol. The van der Waals surface area contributed by atoms with Crippen molar-refractivity contribution < 1.29 is 37.9 Å². The molecule has 2 atom stereocenters. The summed E-state index contributed by atoms with van der Waals surface area (Å²) in [4.78, 5) is 33.8. The van der Waals surface area contributed by atoms with E-state index in [-0.39, 0.29) is 32.1 Å². The molecule has 53 heavy (non-hydrogen) atoms. The van der Waals surface area contributed by atoms with Gasteiger partial charge in [-0.05, 0) is 77.0 Å². The minimum atomic E-state index is -4.43. The van der Waals surface area contributed by atoms with Gasteiger partial charge in [-0.1, -0.05) is 139 Å². The fourth-order valence-electron chi connectivity index (χ4n) is 5.31. The van der Waals surface area contributed by atoms with Gasteiger partial charge in [0, 0.05) is 19.4 Å². The molecule has 0 rings (SSSR count). The zero-order valence-electron chi connectivity index (χ0n) is 33.4. The largest absolute Gasteiger partial charge is 0.472 e. The van der Waals surface area contributed by atoms with Crippen molar-refractivity contribution >= 4 is 19.7 Å². The summed E-state index contributed by atoms with van der Waals surface area (Å²) in [5.74, 6) is -0.567. The van der Waals surface area contributed by atoms with Crippen molar-refractivity contribution in [2.45, 2.75) is 174 Å². The molecule has 0 bridgehead atoms. The zero-order chi connectivity index (χ0) is 38.9. The highest BCUT2D eigenvalue weighted by Gasteiger charge is 2.23. The van der Waals surface area contributed by atoms with E-state index in [4.69, 9.17) is 13.8 Å². The van der Waals surface area contributed by atoms with Crippen LogP contribution in [0.4, 0.5) is 0 Å². The summed E-state index contributed by atoms with van der Waals surface area (Å²) in [5.41, 5.74) is 0. The molecule has 9 nitrogen and oxygen atoms in total. The van der Waals surface area contributed by atoms with E-state index in [0.29, 0.717) is 12.8 Å². The SMILES string of the molecule is CC/C=C\C/C=C\C/C=C\C/C=C\CCCCC(=O)OCC(O)COP(=O)(O)OCCNC(=O)CCCCCCCCC/C=C\CCCCCCCC. The molecule has 1 amide bonds. The zero-order valence-corrected chi connectivity index (χ0v) is 34.3. The molecule has 10 heteroatoms. The van der Waals surface area contributed by atoms with Crippen LogP contribution in [0, 0.1) is 0 Å². The molecule has 0 aliphatic carbocycles. The van der Waals surface area contributed by atoms with Crippen LogP contribution >= 0.6 is 7.82 Å². The fraction of sp³-hybridized carbons (Fsp3) is 0.721. The Morgan fingerprint density at radius 3 is 1.66 bits per heavy atom. The van der Waals surface area contributed by atoms with Crippen LogP contribution in [0.1, 0.15) is 168 Å². The number of allylic oxidation sites excluding steroid dienone is 10. The highest BCUT2D eigenvalue weighted by Crippen LogP contribution is 2.42. The number of carbonyl (C=O) groups is 2. The summed E-state index contributed by atoms with van der Waals surface area (Å²) in [5, 5.41) is 12.7. The van der Waals surface area contributed by atoms with E-state index in [2.05, 4.69) is 79.9 Å². The molecular formula is C43H76NO8P. The topological polar surface area (TPSA) is 131 Å². The number of hydrogen-bond donors (Lipinski definition) is 3. The number of hydrogen-bond acceptors (Lipinski definition) is 7. The number of aliphatic hydroxyl groups is 1. The maximum absolute atomic E-state index is 12.1. The molecule has 0 aliphatic heterocycles. The average molecular weight is 766 g/mol. The van der Waals surface area contributed by atoms with Gasteiger partial charge in [0.2, 0.25) is 5.91 Å². The summed E-state index contributed by atoms with van der Waals surface area (Å²) in [7, 11) is -4.43. The quantitative estimate of drug-likeness (QED) is 0.0245. The van der Waals surface area contributed by atoms with Crippen LogP contribution < -0.4 is 5.32 Å². The Balaban J connectivity index is 3.67. The molecule has 2 unspecified atom stereocenters. The first-order valence-corrected chi connectivity index (χ1v) is 22.3. The van der Waals surface area contributed by atoms with Gasteiger partial charge in [-0.2, -0.15) is 0 Å². The number of unbranched alkanes of at least 4 members (excludes halogenated alkanes) is 15. The van der Waals surface area contributed by atoms with Crippen LogP contribution in [0.5, 0.6) is 0 Å². The summed E-state index contributed by atoms with van der Waals surface area (Å²) >= 11 is 0. The molecule has 0 saturated carbocycles. The van der Waals surface area contributed by atoms with E-state index in [9.17, 15) is 24.2 Å². The van der Waals surface area contributed by atoms with Crippen molar-refractivity contribution in [3.05, 3.63) is 60.8 Å². The summed E-state index contributed by atoms with van der Waals surface area (Å²) < 4.78 is 26.8. The molecule has 0 fully saturated rings. The lowest BCUT2D eigenvalue weighted by molar-refractivity contribution is -0.147. The van der Waals surface area contributed by atoms with E-state index in [0.717, 1.165) is 57.8 Å². The van der Waals surface area contributed by atoms with Gasteiger partial charge in [0.05, 0.1) is 13.2 Å². The van der Waals surface area contributed by atoms with Crippen LogP contribution in [-0.4, -0.2) is 54.3 Å². The Bertz CT molecular complexity index is 1050. The number of rotatable bonds is 38.